The first kappa shape index (κ1) is 16.4. The van der Waals surface area contributed by atoms with E-state index < -0.39 is 0 Å². The van der Waals surface area contributed by atoms with E-state index in [0.717, 1.165) is 17.0 Å². The van der Waals surface area contributed by atoms with Gasteiger partial charge in [0.2, 0.25) is 5.91 Å². The van der Waals surface area contributed by atoms with Crippen LogP contribution in [-0.4, -0.2) is 19.6 Å². The fourth-order valence-corrected chi connectivity index (χ4v) is 2.24. The molecule has 0 spiro atoms. The van der Waals surface area contributed by atoms with Crippen LogP contribution in [0.15, 0.2) is 48.5 Å². The highest BCUT2D eigenvalue weighted by Crippen LogP contribution is 2.24. The van der Waals surface area contributed by atoms with Gasteiger partial charge in [0.25, 0.3) is 0 Å². The van der Waals surface area contributed by atoms with Crippen molar-refractivity contribution in [1.82, 2.24) is 5.32 Å². The summed E-state index contributed by atoms with van der Waals surface area (Å²) in [7, 11) is 1.61. The molecule has 5 heteroatoms. The number of methoxy groups -OCH3 is 1. The fourth-order valence-electron chi connectivity index (χ4n) is 2.24. The average molecular weight is 309 g/mol. The molecule has 0 saturated heterocycles. The van der Waals surface area contributed by atoms with Crippen molar-refractivity contribution in [3.8, 4) is 11.8 Å². The van der Waals surface area contributed by atoms with E-state index in [1.165, 1.54) is 0 Å². The van der Waals surface area contributed by atoms with Crippen LogP contribution in [0.1, 0.15) is 24.1 Å². The van der Waals surface area contributed by atoms with E-state index in [4.69, 9.17) is 10.00 Å². The van der Waals surface area contributed by atoms with Crippen LogP contribution in [0.5, 0.6) is 5.75 Å². The van der Waals surface area contributed by atoms with E-state index >= 15 is 0 Å². The van der Waals surface area contributed by atoms with Gasteiger partial charge in [0, 0.05) is 11.3 Å². The van der Waals surface area contributed by atoms with Crippen molar-refractivity contribution in [3.63, 3.8) is 0 Å². The number of carbonyl (C=O) groups is 1. The SMILES string of the molecule is COc1ccccc1C(C)NC(=O)CNc1ccc(C#N)cc1. The topological polar surface area (TPSA) is 74.2 Å². The van der Waals surface area contributed by atoms with Gasteiger partial charge in [0.15, 0.2) is 0 Å². The Bertz CT molecular complexity index is 705. The molecule has 0 fully saturated rings. The number of nitrogens with one attached hydrogen (secondary N) is 2. The second kappa shape index (κ2) is 7.85. The van der Waals surface area contributed by atoms with Crippen LogP contribution in [0.2, 0.25) is 0 Å². The van der Waals surface area contributed by atoms with Gasteiger partial charge in [-0.2, -0.15) is 5.26 Å². The lowest BCUT2D eigenvalue weighted by Gasteiger charge is -2.17. The van der Waals surface area contributed by atoms with Crippen LogP contribution in [0.25, 0.3) is 0 Å². The summed E-state index contributed by atoms with van der Waals surface area (Å²) in [5.41, 5.74) is 2.32. The predicted molar refractivity (Wildman–Crippen MR) is 89.2 cm³/mol. The van der Waals surface area contributed by atoms with Gasteiger partial charge in [-0.1, -0.05) is 18.2 Å². The summed E-state index contributed by atoms with van der Waals surface area (Å²) in [5.74, 6) is 0.633. The minimum atomic E-state index is -0.151. The molecule has 2 rings (SSSR count). The second-order valence-electron chi connectivity index (χ2n) is 5.07. The second-order valence-corrected chi connectivity index (χ2v) is 5.07. The highest BCUT2D eigenvalue weighted by atomic mass is 16.5. The summed E-state index contributed by atoms with van der Waals surface area (Å²) >= 11 is 0. The quantitative estimate of drug-likeness (QED) is 0.860. The van der Waals surface area contributed by atoms with E-state index in [2.05, 4.69) is 16.7 Å². The number of nitriles is 1. The number of ether oxygens (including phenoxy) is 1. The van der Waals surface area contributed by atoms with E-state index in [-0.39, 0.29) is 18.5 Å². The van der Waals surface area contributed by atoms with E-state index in [1.807, 2.05) is 31.2 Å². The van der Waals surface area contributed by atoms with Crippen LogP contribution < -0.4 is 15.4 Å². The van der Waals surface area contributed by atoms with Crippen molar-refractivity contribution in [2.45, 2.75) is 13.0 Å². The van der Waals surface area contributed by atoms with Gasteiger partial charge in [0.05, 0.1) is 31.3 Å². The number of rotatable bonds is 6. The summed E-state index contributed by atoms with van der Waals surface area (Å²) in [5, 5.41) is 14.7. The maximum atomic E-state index is 12.1. The van der Waals surface area contributed by atoms with Crippen molar-refractivity contribution >= 4 is 11.6 Å². The highest BCUT2D eigenvalue weighted by molar-refractivity contribution is 5.81. The molecule has 0 aliphatic carbocycles. The molecule has 5 nitrogen and oxygen atoms in total. The molecule has 0 heterocycles. The zero-order chi connectivity index (χ0) is 16.7. The third kappa shape index (κ3) is 4.48. The molecule has 0 saturated carbocycles. The molecule has 2 N–H and O–H groups in total. The Labute approximate surface area is 135 Å². The molecular weight excluding hydrogens is 290 g/mol. The van der Waals surface area contributed by atoms with Crippen molar-refractivity contribution < 1.29 is 9.53 Å². The Morgan fingerprint density at radius 1 is 1.22 bits per heavy atom. The first-order valence-electron chi connectivity index (χ1n) is 7.30. The van der Waals surface area contributed by atoms with Crippen LogP contribution >= 0.6 is 0 Å². The number of nitrogens with zero attached hydrogens (tertiary/aromatic N) is 1. The Morgan fingerprint density at radius 2 is 1.91 bits per heavy atom. The lowest BCUT2D eigenvalue weighted by molar-refractivity contribution is -0.120. The molecule has 0 bridgehead atoms. The van der Waals surface area contributed by atoms with Crippen molar-refractivity contribution in [3.05, 3.63) is 59.7 Å². The lowest BCUT2D eigenvalue weighted by atomic mass is 10.1. The number of hydrogen-bond donors (Lipinski definition) is 2. The monoisotopic (exact) mass is 309 g/mol. The van der Waals surface area contributed by atoms with Gasteiger partial charge in [-0.05, 0) is 37.3 Å². The highest BCUT2D eigenvalue weighted by Gasteiger charge is 2.13. The van der Waals surface area contributed by atoms with E-state index in [9.17, 15) is 4.79 Å². The molecule has 23 heavy (non-hydrogen) atoms. The summed E-state index contributed by atoms with van der Waals surface area (Å²) in [4.78, 5) is 12.1. The Hall–Kier alpha value is -3.00. The predicted octanol–water partition coefficient (Wildman–Crippen LogP) is 2.86. The Balaban J connectivity index is 1.90. The Kier molecular flexibility index (Phi) is 5.59. The molecule has 1 amide bonds. The largest absolute Gasteiger partial charge is 0.496 e. The Morgan fingerprint density at radius 3 is 2.57 bits per heavy atom. The van der Waals surface area contributed by atoms with Gasteiger partial charge >= 0.3 is 0 Å². The van der Waals surface area contributed by atoms with Crippen molar-refractivity contribution in [1.29, 1.82) is 5.26 Å². The molecule has 118 valence electrons. The smallest absolute Gasteiger partial charge is 0.239 e. The first-order valence-corrected chi connectivity index (χ1v) is 7.30. The van der Waals surface area contributed by atoms with Gasteiger partial charge in [-0.15, -0.1) is 0 Å². The minimum Gasteiger partial charge on any atom is -0.496 e. The maximum absolute atomic E-state index is 12.1. The number of carbonyl (C=O) groups excluding carboxylic acids is 1. The molecule has 0 aliphatic rings. The third-order valence-corrected chi connectivity index (χ3v) is 3.45. The van der Waals surface area contributed by atoms with E-state index in [1.54, 1.807) is 31.4 Å². The molecule has 0 radical (unpaired) electrons. The standard InChI is InChI=1S/C18H19N3O2/c1-13(16-5-3-4-6-17(16)23-2)21-18(22)12-20-15-9-7-14(11-19)8-10-15/h3-10,13,20H,12H2,1-2H3,(H,21,22). The number of amides is 1. The first-order chi connectivity index (χ1) is 11.1. The number of benzene rings is 2. The fraction of sp³-hybridized carbons (Fsp3) is 0.222. The number of anilines is 1. The van der Waals surface area contributed by atoms with Crippen molar-refractivity contribution in [2.24, 2.45) is 0 Å². The zero-order valence-corrected chi connectivity index (χ0v) is 13.2. The number of para-hydroxylation sites is 1. The summed E-state index contributed by atoms with van der Waals surface area (Å²) < 4.78 is 5.31. The molecule has 0 aromatic heterocycles. The summed E-state index contributed by atoms with van der Waals surface area (Å²) in [6.07, 6.45) is 0. The summed E-state index contributed by atoms with van der Waals surface area (Å²) in [6, 6.07) is 16.5. The lowest BCUT2D eigenvalue weighted by Crippen LogP contribution is -2.32. The van der Waals surface area contributed by atoms with Crippen LogP contribution in [0.3, 0.4) is 0 Å². The van der Waals surface area contributed by atoms with Gasteiger partial charge < -0.3 is 15.4 Å². The van der Waals surface area contributed by atoms with Crippen LogP contribution in [0.4, 0.5) is 5.69 Å². The van der Waals surface area contributed by atoms with E-state index in [0.29, 0.717) is 5.56 Å². The average Bonchev–Trinajstić information content (AvgIpc) is 2.60. The maximum Gasteiger partial charge on any atom is 0.239 e. The zero-order valence-electron chi connectivity index (χ0n) is 13.2. The van der Waals surface area contributed by atoms with Gasteiger partial charge in [-0.3, -0.25) is 4.79 Å². The van der Waals surface area contributed by atoms with Gasteiger partial charge in [-0.25, -0.2) is 0 Å². The third-order valence-electron chi connectivity index (χ3n) is 3.45. The number of hydrogen-bond acceptors (Lipinski definition) is 4. The molecule has 0 aliphatic heterocycles. The molecule has 1 unspecified atom stereocenters. The van der Waals surface area contributed by atoms with Crippen molar-refractivity contribution in [2.75, 3.05) is 19.0 Å². The molecule has 2 aromatic rings. The van der Waals surface area contributed by atoms with Crippen LogP contribution in [0, 0.1) is 11.3 Å². The molecule has 1 atom stereocenters. The van der Waals surface area contributed by atoms with Gasteiger partial charge in [0.1, 0.15) is 5.75 Å². The normalized spacial score (nSPS) is 11.2. The molecule has 2 aromatic carbocycles. The molecular formula is C18H19N3O2. The summed E-state index contributed by atoms with van der Waals surface area (Å²) in [6.45, 7) is 2.07. The minimum absolute atomic E-state index is 0.118. The van der Waals surface area contributed by atoms with Crippen LogP contribution in [-0.2, 0) is 4.79 Å².